The molecule has 0 aliphatic rings. The molecular weight excluding hydrogens is 486 g/mol. The van der Waals surface area contributed by atoms with Crippen LogP contribution in [0.2, 0.25) is 0 Å². The lowest BCUT2D eigenvalue weighted by Crippen LogP contribution is -1.75. The molecule has 0 radical (unpaired) electrons. The van der Waals surface area contributed by atoms with Crippen LogP contribution in [0.3, 0.4) is 0 Å². The van der Waals surface area contributed by atoms with Crippen molar-refractivity contribution in [3.05, 3.63) is 109 Å². The quantitative estimate of drug-likeness (QED) is 0.273. The number of fused-ring (bicyclic) bond motifs is 2. The van der Waals surface area contributed by atoms with Crippen molar-refractivity contribution in [3.8, 4) is 0 Å². The second kappa shape index (κ2) is 11.2. The minimum Gasteiger partial charge on any atom is -0.412 e. The van der Waals surface area contributed by atoms with Crippen molar-refractivity contribution in [1.82, 2.24) is 19.9 Å². The van der Waals surface area contributed by atoms with Gasteiger partial charge in [-0.1, -0.05) is 23.5 Å². The van der Waals surface area contributed by atoms with E-state index in [1.807, 2.05) is 36.7 Å². The molecule has 0 amide bonds. The Balaban J connectivity index is 0.000000160. The molecule has 2 aromatic carbocycles. The molecule has 4 heterocycles. The second-order valence-electron chi connectivity index (χ2n) is 7.22. The number of halogens is 2. The van der Waals surface area contributed by atoms with Crippen LogP contribution in [0.15, 0.2) is 117 Å². The van der Waals surface area contributed by atoms with Gasteiger partial charge in [0.1, 0.15) is 22.9 Å². The molecule has 6 rings (SSSR count). The van der Waals surface area contributed by atoms with Gasteiger partial charge in [0, 0.05) is 55.1 Å². The number of pyridine rings is 2. The van der Waals surface area contributed by atoms with Crippen LogP contribution in [-0.2, 0) is 0 Å². The SMILES string of the molecule is Fc1ccc(Sc2c[nH]c3ncccc23)cc1.Fc1ccc(Sc2c[nH]c3ncccc23)cc1.O. The Kier molecular flexibility index (Phi) is 7.81. The van der Waals surface area contributed by atoms with Crippen molar-refractivity contribution < 1.29 is 14.3 Å². The zero-order valence-electron chi connectivity index (χ0n) is 18.2. The van der Waals surface area contributed by atoms with Gasteiger partial charge in [-0.25, -0.2) is 18.7 Å². The van der Waals surface area contributed by atoms with Gasteiger partial charge in [-0.3, -0.25) is 0 Å². The van der Waals surface area contributed by atoms with Gasteiger partial charge in [-0.15, -0.1) is 0 Å². The Morgan fingerprint density at radius 3 is 1.37 bits per heavy atom. The summed E-state index contributed by atoms with van der Waals surface area (Å²) in [7, 11) is 0. The third-order valence-corrected chi connectivity index (χ3v) is 7.04. The molecule has 0 aliphatic heterocycles. The first-order valence-corrected chi connectivity index (χ1v) is 12.0. The fraction of sp³-hybridized carbons (Fsp3) is 0. The predicted molar refractivity (Wildman–Crippen MR) is 137 cm³/mol. The minimum atomic E-state index is -0.213. The standard InChI is InChI=1S/2C13H9FN2S.H2O/c2*14-9-3-5-10(6-4-9)17-12-8-16-13-11(12)2-1-7-15-13;/h2*1-8H,(H,15,16);1H2. The van der Waals surface area contributed by atoms with E-state index in [0.717, 1.165) is 41.6 Å². The third-order valence-electron chi connectivity index (χ3n) is 4.91. The zero-order chi connectivity index (χ0) is 23.3. The molecule has 0 saturated carbocycles. The molecule has 35 heavy (non-hydrogen) atoms. The number of aromatic amines is 2. The summed E-state index contributed by atoms with van der Waals surface area (Å²) in [5.41, 5.74) is 1.74. The van der Waals surface area contributed by atoms with E-state index in [9.17, 15) is 8.78 Å². The lowest BCUT2D eigenvalue weighted by molar-refractivity contribution is 0.626. The van der Waals surface area contributed by atoms with Gasteiger partial charge in [0.25, 0.3) is 0 Å². The maximum atomic E-state index is 12.8. The Labute approximate surface area is 208 Å². The maximum Gasteiger partial charge on any atom is 0.138 e. The van der Waals surface area contributed by atoms with Crippen LogP contribution in [0.4, 0.5) is 8.78 Å². The first-order chi connectivity index (χ1) is 16.7. The Morgan fingerprint density at radius 1 is 0.571 bits per heavy atom. The van der Waals surface area contributed by atoms with E-state index in [2.05, 4.69) is 19.9 Å². The van der Waals surface area contributed by atoms with Crippen molar-refractivity contribution >= 4 is 45.6 Å². The average Bonchev–Trinajstić information content (AvgIpc) is 3.47. The molecule has 6 aromatic rings. The van der Waals surface area contributed by atoms with Crippen LogP contribution in [0, 0.1) is 11.6 Å². The lowest BCUT2D eigenvalue weighted by atomic mass is 10.3. The number of hydrogen-bond donors (Lipinski definition) is 2. The Bertz CT molecular complexity index is 1420. The normalized spacial score (nSPS) is 10.6. The van der Waals surface area contributed by atoms with Crippen LogP contribution >= 0.6 is 23.5 Å². The predicted octanol–water partition coefficient (Wildman–Crippen LogP) is 6.88. The highest BCUT2D eigenvalue weighted by molar-refractivity contribution is 7.99. The number of rotatable bonds is 4. The molecule has 0 aliphatic carbocycles. The number of nitrogens with one attached hydrogen (secondary N) is 2. The summed E-state index contributed by atoms with van der Waals surface area (Å²) in [6, 6.07) is 20.8. The van der Waals surface area contributed by atoms with E-state index >= 15 is 0 Å². The number of hydrogen-bond acceptors (Lipinski definition) is 4. The highest BCUT2D eigenvalue weighted by Crippen LogP contribution is 2.33. The largest absolute Gasteiger partial charge is 0.412 e. The Morgan fingerprint density at radius 2 is 0.971 bits per heavy atom. The summed E-state index contributed by atoms with van der Waals surface area (Å²) >= 11 is 3.19. The molecular formula is C26H20F2N4OS2. The first kappa shape index (κ1) is 24.5. The molecule has 0 bridgehead atoms. The average molecular weight is 507 g/mol. The number of nitrogens with zero attached hydrogens (tertiary/aromatic N) is 2. The lowest BCUT2D eigenvalue weighted by Gasteiger charge is -1.99. The molecule has 0 unspecified atom stereocenters. The third kappa shape index (κ3) is 5.89. The fourth-order valence-corrected chi connectivity index (χ4v) is 5.13. The monoisotopic (exact) mass is 506 g/mol. The van der Waals surface area contributed by atoms with Crippen molar-refractivity contribution in [2.24, 2.45) is 0 Å². The van der Waals surface area contributed by atoms with E-state index in [1.165, 1.54) is 24.3 Å². The number of aromatic nitrogens is 4. The molecule has 4 N–H and O–H groups in total. The van der Waals surface area contributed by atoms with Gasteiger partial charge in [0.05, 0.1) is 0 Å². The van der Waals surface area contributed by atoms with E-state index in [1.54, 1.807) is 60.2 Å². The van der Waals surface area contributed by atoms with Gasteiger partial charge in [-0.2, -0.15) is 0 Å². The van der Waals surface area contributed by atoms with Gasteiger partial charge >= 0.3 is 0 Å². The summed E-state index contributed by atoms with van der Waals surface area (Å²) < 4.78 is 25.6. The summed E-state index contributed by atoms with van der Waals surface area (Å²) in [5, 5.41) is 2.17. The van der Waals surface area contributed by atoms with Crippen LogP contribution < -0.4 is 0 Å². The van der Waals surface area contributed by atoms with E-state index < -0.39 is 0 Å². The summed E-state index contributed by atoms with van der Waals surface area (Å²) in [6.07, 6.45) is 7.35. The van der Waals surface area contributed by atoms with Gasteiger partial charge in [0.15, 0.2) is 0 Å². The van der Waals surface area contributed by atoms with Gasteiger partial charge < -0.3 is 15.4 Å². The zero-order valence-corrected chi connectivity index (χ0v) is 19.8. The molecule has 4 aromatic heterocycles. The highest BCUT2D eigenvalue weighted by atomic mass is 32.2. The topological polar surface area (TPSA) is 88.9 Å². The highest BCUT2D eigenvalue weighted by Gasteiger charge is 2.06. The van der Waals surface area contributed by atoms with Crippen molar-refractivity contribution in [2.75, 3.05) is 0 Å². The van der Waals surface area contributed by atoms with Gasteiger partial charge in [0.2, 0.25) is 0 Å². The number of H-pyrrole nitrogens is 2. The van der Waals surface area contributed by atoms with Crippen molar-refractivity contribution in [1.29, 1.82) is 0 Å². The molecule has 0 spiro atoms. The van der Waals surface area contributed by atoms with Crippen molar-refractivity contribution in [3.63, 3.8) is 0 Å². The number of benzene rings is 2. The van der Waals surface area contributed by atoms with E-state index in [0.29, 0.717) is 0 Å². The fourth-order valence-electron chi connectivity index (χ4n) is 3.29. The van der Waals surface area contributed by atoms with Gasteiger partial charge in [-0.05, 0) is 72.8 Å². The van der Waals surface area contributed by atoms with E-state index in [-0.39, 0.29) is 17.1 Å². The van der Waals surface area contributed by atoms with Crippen LogP contribution in [-0.4, -0.2) is 25.4 Å². The smallest absolute Gasteiger partial charge is 0.138 e. The molecule has 9 heteroatoms. The molecule has 176 valence electrons. The van der Waals surface area contributed by atoms with Crippen molar-refractivity contribution in [2.45, 2.75) is 19.6 Å². The van der Waals surface area contributed by atoms with Crippen LogP contribution in [0.1, 0.15) is 0 Å². The molecule has 0 atom stereocenters. The minimum absolute atomic E-state index is 0. The summed E-state index contributed by atoms with van der Waals surface area (Å²) in [4.78, 5) is 18.9. The second-order valence-corrected chi connectivity index (χ2v) is 9.45. The molecule has 5 nitrogen and oxygen atoms in total. The van der Waals surface area contributed by atoms with E-state index in [4.69, 9.17) is 0 Å². The molecule has 0 fully saturated rings. The summed E-state index contributed by atoms with van der Waals surface area (Å²) in [6.45, 7) is 0. The molecule has 0 saturated heterocycles. The Hall–Kier alpha value is -3.66. The maximum absolute atomic E-state index is 12.8. The first-order valence-electron chi connectivity index (χ1n) is 10.4. The summed E-state index contributed by atoms with van der Waals surface area (Å²) in [5.74, 6) is -0.426. The van der Waals surface area contributed by atoms with Crippen LogP contribution in [0.5, 0.6) is 0 Å². The van der Waals surface area contributed by atoms with Crippen LogP contribution in [0.25, 0.3) is 22.1 Å².